The number of anilines is 1. The molecule has 0 aliphatic carbocycles. The molecule has 0 unspecified atom stereocenters. The molecule has 108 valence electrons. The van der Waals surface area contributed by atoms with Crippen LogP contribution >= 0.6 is 0 Å². The molecule has 2 N–H and O–H groups in total. The van der Waals surface area contributed by atoms with E-state index in [1.807, 2.05) is 10.9 Å². The van der Waals surface area contributed by atoms with E-state index in [2.05, 4.69) is 54.3 Å². The molecule has 0 bridgehead atoms. The van der Waals surface area contributed by atoms with Crippen molar-refractivity contribution in [2.45, 2.75) is 33.4 Å². The van der Waals surface area contributed by atoms with Crippen molar-refractivity contribution in [2.24, 2.45) is 5.73 Å². The fourth-order valence-electron chi connectivity index (χ4n) is 2.29. The Morgan fingerprint density at radius 3 is 2.85 bits per heavy atom. The largest absolute Gasteiger partial charge is 0.367 e. The van der Waals surface area contributed by atoms with Gasteiger partial charge in [0.25, 0.3) is 0 Å². The summed E-state index contributed by atoms with van der Waals surface area (Å²) in [6.07, 6.45) is 5.07. The molecule has 4 heteroatoms. The standard InChI is InChI=1S/C16H24N4/c1-3-20-13-15(11-18-20)12-19(9-5-8-17)16-7-4-6-14(2)10-16/h4,6-7,10-11,13H,3,5,8-9,12,17H2,1-2H3. The summed E-state index contributed by atoms with van der Waals surface area (Å²) in [5, 5.41) is 4.34. The van der Waals surface area contributed by atoms with Crippen molar-refractivity contribution in [1.29, 1.82) is 0 Å². The van der Waals surface area contributed by atoms with E-state index >= 15 is 0 Å². The van der Waals surface area contributed by atoms with E-state index in [1.165, 1.54) is 16.8 Å². The van der Waals surface area contributed by atoms with Gasteiger partial charge in [-0.25, -0.2) is 0 Å². The van der Waals surface area contributed by atoms with Crippen LogP contribution in [0, 0.1) is 6.92 Å². The lowest BCUT2D eigenvalue weighted by Crippen LogP contribution is -2.25. The molecule has 2 rings (SSSR count). The summed E-state index contributed by atoms with van der Waals surface area (Å²) in [4.78, 5) is 2.37. The van der Waals surface area contributed by atoms with Crippen molar-refractivity contribution in [2.75, 3.05) is 18.0 Å². The Hall–Kier alpha value is -1.81. The second kappa shape index (κ2) is 7.10. The highest BCUT2D eigenvalue weighted by atomic mass is 15.3. The van der Waals surface area contributed by atoms with E-state index in [-0.39, 0.29) is 0 Å². The average Bonchev–Trinajstić information content (AvgIpc) is 2.91. The van der Waals surface area contributed by atoms with Gasteiger partial charge >= 0.3 is 0 Å². The topological polar surface area (TPSA) is 47.1 Å². The third kappa shape index (κ3) is 3.84. The first-order valence-electron chi connectivity index (χ1n) is 7.26. The van der Waals surface area contributed by atoms with E-state index in [0.29, 0.717) is 0 Å². The van der Waals surface area contributed by atoms with E-state index in [4.69, 9.17) is 5.73 Å². The second-order valence-electron chi connectivity index (χ2n) is 5.11. The minimum absolute atomic E-state index is 0.719. The van der Waals surface area contributed by atoms with Crippen molar-refractivity contribution in [3.8, 4) is 0 Å². The summed E-state index contributed by atoms with van der Waals surface area (Å²) in [6.45, 7) is 7.70. The maximum absolute atomic E-state index is 5.66. The number of nitrogens with two attached hydrogens (primary N) is 1. The highest BCUT2D eigenvalue weighted by Gasteiger charge is 2.08. The fourth-order valence-corrected chi connectivity index (χ4v) is 2.29. The minimum Gasteiger partial charge on any atom is -0.367 e. The van der Waals surface area contributed by atoms with Gasteiger partial charge in [0.05, 0.1) is 6.20 Å². The average molecular weight is 272 g/mol. The number of hydrogen-bond donors (Lipinski definition) is 1. The quantitative estimate of drug-likeness (QED) is 0.842. The maximum Gasteiger partial charge on any atom is 0.0539 e. The summed E-state index contributed by atoms with van der Waals surface area (Å²) in [5.41, 5.74) is 9.44. The van der Waals surface area contributed by atoms with Gasteiger partial charge in [-0.3, -0.25) is 4.68 Å². The molecule has 4 nitrogen and oxygen atoms in total. The molecule has 1 aromatic heterocycles. The molecule has 0 radical (unpaired) electrons. The molecule has 0 saturated heterocycles. The number of rotatable bonds is 7. The first kappa shape index (κ1) is 14.6. The summed E-state index contributed by atoms with van der Waals surface area (Å²) in [5.74, 6) is 0. The number of aromatic nitrogens is 2. The minimum atomic E-state index is 0.719. The molecule has 0 saturated carbocycles. The third-order valence-electron chi connectivity index (χ3n) is 3.38. The molecule has 0 spiro atoms. The fraction of sp³-hybridized carbons (Fsp3) is 0.438. The summed E-state index contributed by atoms with van der Waals surface area (Å²) in [6, 6.07) is 8.61. The molecule has 0 atom stereocenters. The van der Waals surface area contributed by atoms with Crippen LogP contribution in [0.25, 0.3) is 0 Å². The zero-order valence-corrected chi connectivity index (χ0v) is 12.4. The molecule has 20 heavy (non-hydrogen) atoms. The Balaban J connectivity index is 2.14. The Bertz CT molecular complexity index is 533. The lowest BCUT2D eigenvalue weighted by atomic mass is 10.2. The Labute approximate surface area is 121 Å². The molecule has 2 aromatic rings. The van der Waals surface area contributed by atoms with Gasteiger partial charge in [0.15, 0.2) is 0 Å². The van der Waals surface area contributed by atoms with Crippen molar-refractivity contribution in [3.63, 3.8) is 0 Å². The molecular formula is C16H24N4. The third-order valence-corrected chi connectivity index (χ3v) is 3.38. The highest BCUT2D eigenvalue weighted by Crippen LogP contribution is 2.18. The van der Waals surface area contributed by atoms with Crippen LogP contribution in [0.2, 0.25) is 0 Å². The van der Waals surface area contributed by atoms with Crippen molar-refractivity contribution < 1.29 is 0 Å². The predicted octanol–water partition coefficient (Wildman–Crippen LogP) is 2.57. The molecule has 0 aliphatic heterocycles. The smallest absolute Gasteiger partial charge is 0.0539 e. The van der Waals surface area contributed by atoms with Crippen LogP contribution in [-0.2, 0) is 13.1 Å². The molecular weight excluding hydrogens is 248 g/mol. The first-order chi connectivity index (χ1) is 9.72. The summed E-state index contributed by atoms with van der Waals surface area (Å²) in [7, 11) is 0. The highest BCUT2D eigenvalue weighted by molar-refractivity contribution is 5.48. The van der Waals surface area contributed by atoms with Gasteiger partial charge in [0.1, 0.15) is 0 Å². The van der Waals surface area contributed by atoms with Gasteiger partial charge in [-0.15, -0.1) is 0 Å². The van der Waals surface area contributed by atoms with Crippen LogP contribution in [0.3, 0.4) is 0 Å². The van der Waals surface area contributed by atoms with E-state index in [9.17, 15) is 0 Å². The lowest BCUT2D eigenvalue weighted by Gasteiger charge is -2.24. The number of aryl methyl sites for hydroxylation is 2. The Morgan fingerprint density at radius 2 is 2.20 bits per heavy atom. The SMILES string of the molecule is CCn1cc(CN(CCCN)c2cccc(C)c2)cn1. The van der Waals surface area contributed by atoms with E-state index in [0.717, 1.165) is 32.6 Å². The van der Waals surface area contributed by atoms with Crippen molar-refractivity contribution in [3.05, 3.63) is 47.8 Å². The normalized spacial score (nSPS) is 10.8. The van der Waals surface area contributed by atoms with Crippen LogP contribution in [0.15, 0.2) is 36.7 Å². The van der Waals surface area contributed by atoms with Gasteiger partial charge in [-0.2, -0.15) is 5.10 Å². The van der Waals surface area contributed by atoms with Gasteiger partial charge < -0.3 is 10.6 Å². The van der Waals surface area contributed by atoms with Crippen LogP contribution in [0.5, 0.6) is 0 Å². The van der Waals surface area contributed by atoms with Crippen LogP contribution in [0.4, 0.5) is 5.69 Å². The Kier molecular flexibility index (Phi) is 5.18. The molecule has 0 amide bonds. The van der Waals surface area contributed by atoms with Gasteiger partial charge in [-0.1, -0.05) is 12.1 Å². The summed E-state index contributed by atoms with van der Waals surface area (Å²) >= 11 is 0. The second-order valence-corrected chi connectivity index (χ2v) is 5.11. The van der Waals surface area contributed by atoms with E-state index < -0.39 is 0 Å². The summed E-state index contributed by atoms with van der Waals surface area (Å²) < 4.78 is 1.96. The zero-order chi connectivity index (χ0) is 14.4. The molecule has 1 heterocycles. The van der Waals surface area contributed by atoms with Crippen LogP contribution in [0.1, 0.15) is 24.5 Å². The zero-order valence-electron chi connectivity index (χ0n) is 12.4. The van der Waals surface area contributed by atoms with Gasteiger partial charge in [0.2, 0.25) is 0 Å². The maximum atomic E-state index is 5.66. The monoisotopic (exact) mass is 272 g/mol. The van der Waals surface area contributed by atoms with E-state index in [1.54, 1.807) is 0 Å². The van der Waals surface area contributed by atoms with Crippen LogP contribution < -0.4 is 10.6 Å². The van der Waals surface area contributed by atoms with Crippen LogP contribution in [-0.4, -0.2) is 22.9 Å². The van der Waals surface area contributed by atoms with Crippen molar-refractivity contribution >= 4 is 5.69 Å². The first-order valence-corrected chi connectivity index (χ1v) is 7.26. The number of nitrogens with zero attached hydrogens (tertiary/aromatic N) is 3. The van der Waals surface area contributed by atoms with Gasteiger partial charge in [0, 0.05) is 37.1 Å². The van der Waals surface area contributed by atoms with Gasteiger partial charge in [-0.05, 0) is 44.5 Å². The Morgan fingerprint density at radius 1 is 1.35 bits per heavy atom. The molecule has 0 fully saturated rings. The molecule has 1 aromatic carbocycles. The number of hydrogen-bond acceptors (Lipinski definition) is 3. The lowest BCUT2D eigenvalue weighted by molar-refractivity contribution is 0.658. The predicted molar refractivity (Wildman–Crippen MR) is 83.8 cm³/mol. The molecule has 0 aliphatic rings. The van der Waals surface area contributed by atoms with Crippen molar-refractivity contribution in [1.82, 2.24) is 9.78 Å². The number of benzene rings is 1.